The predicted molar refractivity (Wildman–Crippen MR) is 50.2 cm³/mol. The monoisotopic (exact) mass is 180 g/mol. The summed E-state index contributed by atoms with van der Waals surface area (Å²) in [5, 5.41) is 4.55. The fraction of sp³-hybridized carbons (Fsp3) is 0.125. The Morgan fingerprint density at radius 1 is 1.50 bits per heavy atom. The SMILES string of the molecule is CSc1ccc2c(N)noc2c1. The third-order valence-electron chi connectivity index (χ3n) is 1.71. The van der Waals surface area contributed by atoms with Gasteiger partial charge in [0.1, 0.15) is 0 Å². The molecule has 2 aromatic rings. The summed E-state index contributed by atoms with van der Waals surface area (Å²) in [6.45, 7) is 0. The highest BCUT2D eigenvalue weighted by Crippen LogP contribution is 2.24. The van der Waals surface area contributed by atoms with Gasteiger partial charge in [-0.1, -0.05) is 5.16 Å². The van der Waals surface area contributed by atoms with E-state index in [0.29, 0.717) is 5.82 Å². The Bertz CT molecular complexity index is 410. The van der Waals surface area contributed by atoms with E-state index >= 15 is 0 Å². The molecule has 2 N–H and O–H groups in total. The fourth-order valence-corrected chi connectivity index (χ4v) is 1.49. The molecule has 4 heteroatoms. The van der Waals surface area contributed by atoms with E-state index in [1.54, 1.807) is 11.8 Å². The van der Waals surface area contributed by atoms with Gasteiger partial charge in [-0.2, -0.15) is 0 Å². The molecule has 0 saturated carbocycles. The lowest BCUT2D eigenvalue weighted by Crippen LogP contribution is -1.82. The van der Waals surface area contributed by atoms with E-state index in [-0.39, 0.29) is 0 Å². The highest BCUT2D eigenvalue weighted by molar-refractivity contribution is 7.98. The maximum Gasteiger partial charge on any atom is 0.174 e. The number of nitrogens with zero attached hydrogens (tertiary/aromatic N) is 1. The van der Waals surface area contributed by atoms with Crippen LogP contribution in [0.25, 0.3) is 11.0 Å². The van der Waals surface area contributed by atoms with Gasteiger partial charge in [-0.05, 0) is 24.5 Å². The predicted octanol–water partition coefficient (Wildman–Crippen LogP) is 2.13. The van der Waals surface area contributed by atoms with Crippen molar-refractivity contribution in [3.05, 3.63) is 18.2 Å². The van der Waals surface area contributed by atoms with Gasteiger partial charge in [0.25, 0.3) is 0 Å². The zero-order chi connectivity index (χ0) is 8.55. The van der Waals surface area contributed by atoms with E-state index in [1.807, 2.05) is 24.5 Å². The van der Waals surface area contributed by atoms with Crippen LogP contribution >= 0.6 is 11.8 Å². The second kappa shape index (κ2) is 2.71. The number of hydrogen-bond donors (Lipinski definition) is 1. The van der Waals surface area contributed by atoms with E-state index in [9.17, 15) is 0 Å². The van der Waals surface area contributed by atoms with E-state index < -0.39 is 0 Å². The second-order valence-corrected chi connectivity index (χ2v) is 3.31. The summed E-state index contributed by atoms with van der Waals surface area (Å²) in [5.74, 6) is 0.456. The molecular formula is C8H8N2OS. The summed E-state index contributed by atoms with van der Waals surface area (Å²) in [7, 11) is 0. The Labute approximate surface area is 73.9 Å². The van der Waals surface area contributed by atoms with Gasteiger partial charge in [0.15, 0.2) is 11.4 Å². The molecule has 0 aliphatic rings. The molecule has 1 aromatic heterocycles. The van der Waals surface area contributed by atoms with Crippen LogP contribution in [0.1, 0.15) is 0 Å². The molecule has 62 valence electrons. The van der Waals surface area contributed by atoms with Gasteiger partial charge in [-0.15, -0.1) is 11.8 Å². The van der Waals surface area contributed by atoms with Crippen LogP contribution in [-0.2, 0) is 0 Å². The number of fused-ring (bicyclic) bond motifs is 1. The molecule has 0 aliphatic heterocycles. The van der Waals surface area contributed by atoms with Crippen molar-refractivity contribution >= 4 is 28.5 Å². The van der Waals surface area contributed by atoms with Crippen LogP contribution in [0, 0.1) is 0 Å². The average molecular weight is 180 g/mol. The van der Waals surface area contributed by atoms with Crippen molar-refractivity contribution in [2.24, 2.45) is 0 Å². The first-order chi connectivity index (χ1) is 5.81. The summed E-state index contributed by atoms with van der Waals surface area (Å²) in [4.78, 5) is 1.15. The van der Waals surface area contributed by atoms with Gasteiger partial charge in [0, 0.05) is 4.90 Å². The maximum absolute atomic E-state index is 5.56. The first kappa shape index (κ1) is 7.49. The van der Waals surface area contributed by atoms with E-state index in [2.05, 4.69) is 5.16 Å². The number of hydrogen-bond acceptors (Lipinski definition) is 4. The van der Waals surface area contributed by atoms with Crippen molar-refractivity contribution in [1.82, 2.24) is 5.16 Å². The topological polar surface area (TPSA) is 52.0 Å². The average Bonchev–Trinajstić information content (AvgIpc) is 2.47. The number of benzene rings is 1. The van der Waals surface area contributed by atoms with Crippen molar-refractivity contribution in [1.29, 1.82) is 0 Å². The molecule has 0 fully saturated rings. The van der Waals surface area contributed by atoms with Crippen LogP contribution in [0.5, 0.6) is 0 Å². The Balaban J connectivity index is 2.69. The molecule has 3 nitrogen and oxygen atoms in total. The molecule has 0 radical (unpaired) electrons. The Hall–Kier alpha value is -1.16. The lowest BCUT2D eigenvalue weighted by Gasteiger charge is -1.92. The maximum atomic E-state index is 5.56. The standard InChI is InChI=1S/C8H8N2OS/c1-12-5-2-3-6-7(4-5)11-10-8(6)9/h2-4H,1H3,(H2,9,10). The molecule has 0 saturated heterocycles. The Morgan fingerprint density at radius 2 is 2.33 bits per heavy atom. The van der Waals surface area contributed by atoms with Crippen molar-refractivity contribution in [3.63, 3.8) is 0 Å². The van der Waals surface area contributed by atoms with Gasteiger partial charge < -0.3 is 10.3 Å². The highest BCUT2D eigenvalue weighted by Gasteiger charge is 2.04. The van der Waals surface area contributed by atoms with Crippen molar-refractivity contribution < 1.29 is 4.52 Å². The number of rotatable bonds is 1. The number of anilines is 1. The van der Waals surface area contributed by atoms with Crippen LogP contribution in [-0.4, -0.2) is 11.4 Å². The summed E-state index contributed by atoms with van der Waals surface area (Å²) in [5.41, 5.74) is 6.31. The van der Waals surface area contributed by atoms with Crippen LogP contribution in [0.15, 0.2) is 27.6 Å². The summed E-state index contributed by atoms with van der Waals surface area (Å²) < 4.78 is 5.00. The summed E-state index contributed by atoms with van der Waals surface area (Å²) in [6.07, 6.45) is 2.01. The van der Waals surface area contributed by atoms with Crippen LogP contribution in [0.2, 0.25) is 0 Å². The largest absolute Gasteiger partial charge is 0.380 e. The molecule has 0 bridgehead atoms. The quantitative estimate of drug-likeness (QED) is 0.683. The molecule has 0 amide bonds. The van der Waals surface area contributed by atoms with Gasteiger partial charge in [0.2, 0.25) is 0 Å². The van der Waals surface area contributed by atoms with E-state index in [1.165, 1.54) is 0 Å². The Kier molecular flexibility index (Phi) is 1.69. The molecule has 1 aromatic carbocycles. The third-order valence-corrected chi connectivity index (χ3v) is 2.43. The smallest absolute Gasteiger partial charge is 0.174 e. The van der Waals surface area contributed by atoms with Crippen molar-refractivity contribution in [3.8, 4) is 0 Å². The zero-order valence-electron chi connectivity index (χ0n) is 6.57. The van der Waals surface area contributed by atoms with Crippen molar-refractivity contribution in [2.75, 3.05) is 12.0 Å². The first-order valence-corrected chi connectivity index (χ1v) is 4.72. The third kappa shape index (κ3) is 1.04. The molecule has 1 heterocycles. The molecule has 0 spiro atoms. The van der Waals surface area contributed by atoms with Crippen LogP contribution in [0.3, 0.4) is 0 Å². The molecule has 2 rings (SSSR count). The summed E-state index contributed by atoms with van der Waals surface area (Å²) in [6, 6.07) is 5.86. The van der Waals surface area contributed by atoms with Crippen LogP contribution in [0.4, 0.5) is 5.82 Å². The number of thioether (sulfide) groups is 1. The molecule has 0 unspecified atom stereocenters. The number of nitrogen functional groups attached to an aromatic ring is 1. The highest BCUT2D eigenvalue weighted by atomic mass is 32.2. The minimum atomic E-state index is 0.456. The van der Waals surface area contributed by atoms with Crippen molar-refractivity contribution in [2.45, 2.75) is 4.90 Å². The molecule has 0 aliphatic carbocycles. The van der Waals surface area contributed by atoms with Gasteiger partial charge >= 0.3 is 0 Å². The summed E-state index contributed by atoms with van der Waals surface area (Å²) >= 11 is 1.66. The van der Waals surface area contributed by atoms with Crippen LogP contribution < -0.4 is 5.73 Å². The lowest BCUT2D eigenvalue weighted by molar-refractivity contribution is 0.460. The zero-order valence-corrected chi connectivity index (χ0v) is 7.39. The van der Waals surface area contributed by atoms with Gasteiger partial charge in [0.05, 0.1) is 5.39 Å². The number of aromatic nitrogens is 1. The minimum absolute atomic E-state index is 0.456. The minimum Gasteiger partial charge on any atom is -0.380 e. The molecular weight excluding hydrogens is 172 g/mol. The number of nitrogens with two attached hydrogens (primary N) is 1. The van der Waals surface area contributed by atoms with E-state index in [0.717, 1.165) is 15.9 Å². The lowest BCUT2D eigenvalue weighted by atomic mass is 10.2. The van der Waals surface area contributed by atoms with E-state index in [4.69, 9.17) is 10.3 Å². The second-order valence-electron chi connectivity index (χ2n) is 2.43. The Morgan fingerprint density at radius 3 is 3.08 bits per heavy atom. The normalized spacial score (nSPS) is 10.8. The van der Waals surface area contributed by atoms with Gasteiger partial charge in [-0.25, -0.2) is 0 Å². The molecule has 0 atom stereocenters. The fourth-order valence-electron chi connectivity index (χ4n) is 1.06. The van der Waals surface area contributed by atoms with Gasteiger partial charge in [-0.3, -0.25) is 0 Å². The first-order valence-electron chi connectivity index (χ1n) is 3.50. The molecule has 12 heavy (non-hydrogen) atoms.